The van der Waals surface area contributed by atoms with Crippen LogP contribution in [-0.4, -0.2) is 9.55 Å². The Balaban J connectivity index is 0.00000578. The molecule has 0 saturated carbocycles. The molecule has 0 atom stereocenters. The molecule has 0 spiro atoms. The van der Waals surface area contributed by atoms with Crippen LogP contribution >= 0.6 is 0 Å². The van der Waals surface area contributed by atoms with Crippen molar-refractivity contribution in [3.8, 4) is 45.6 Å². The summed E-state index contributed by atoms with van der Waals surface area (Å²) >= 11 is 0. The first-order valence-corrected chi connectivity index (χ1v) is 21.1. The average Bonchev–Trinajstić information content (AvgIpc) is 3.86. The van der Waals surface area contributed by atoms with Gasteiger partial charge in [-0.2, -0.15) is 11.3 Å². The number of rotatable bonds is 9. The molecule has 0 saturated heterocycles. The summed E-state index contributed by atoms with van der Waals surface area (Å²) < 4.78 is 63.7. The van der Waals surface area contributed by atoms with Crippen LogP contribution in [0.25, 0.3) is 49.9 Å². The Morgan fingerprint density at radius 1 is 0.692 bits per heavy atom. The van der Waals surface area contributed by atoms with Gasteiger partial charge in [0.2, 0.25) is 0 Å². The zero-order chi connectivity index (χ0) is 46.7. The molecule has 0 fully saturated rings. The van der Waals surface area contributed by atoms with Crippen LogP contribution in [0.2, 0.25) is 0 Å². The Hall–Kier alpha value is -7.07. The van der Waals surface area contributed by atoms with Gasteiger partial charge in [0.15, 0.2) is 0 Å². The normalized spacial score (nSPS) is 13.1. The fourth-order valence-electron chi connectivity index (χ4n) is 8.74. The van der Waals surface area contributed by atoms with E-state index in [1.54, 1.807) is 24.4 Å². The number of hydrogen-bond donors (Lipinski definition) is 0. The van der Waals surface area contributed by atoms with Crippen molar-refractivity contribution in [3.05, 3.63) is 198 Å². The summed E-state index contributed by atoms with van der Waals surface area (Å²) in [4.78, 5) is 8.79. The Morgan fingerprint density at radius 3 is 2.08 bits per heavy atom. The topological polar surface area (TPSA) is 57.3 Å². The molecule has 65 heavy (non-hydrogen) atoms. The van der Waals surface area contributed by atoms with E-state index in [1.807, 2.05) is 107 Å². The van der Waals surface area contributed by atoms with Crippen molar-refractivity contribution < 1.29 is 38.7 Å². The summed E-state index contributed by atoms with van der Waals surface area (Å²) in [7, 11) is 0. The van der Waals surface area contributed by atoms with Crippen molar-refractivity contribution >= 4 is 44.6 Å². The fraction of sp³-hybridized carbons (Fsp3) is 0.125. The second-order valence-corrected chi connectivity index (χ2v) is 16.5. The number of pyridine rings is 1. The summed E-state index contributed by atoms with van der Waals surface area (Å²) in [5.41, 5.74) is 8.82. The standard InChI is InChI=1S/C56H42F2N5O.Pt/c1-34(2)49-27-39(38-23-41(57)29-42(58)24-38)28-50(35(3)4)56(49)62-33-61(52-17-8-9-18-53(52)62)43-25-40(46-15-12-13-37(32-59)36(46)5)26-45(30-43)64-44-20-21-48-47-14-6-7-16-51(47)63(54(48)31-44)55-19-10-11-22-60-55;/h6-29,33-35H,1-5H3;/q-3;/i5D3;. The van der Waals surface area contributed by atoms with Gasteiger partial charge >= 0.3 is 0 Å². The van der Waals surface area contributed by atoms with E-state index in [4.69, 9.17) is 8.85 Å². The molecule has 9 aromatic rings. The van der Waals surface area contributed by atoms with Gasteiger partial charge in [0.25, 0.3) is 0 Å². The number of anilines is 4. The molecule has 0 radical (unpaired) electrons. The third-order valence-electron chi connectivity index (χ3n) is 11.7. The van der Waals surface area contributed by atoms with Crippen LogP contribution in [-0.2, 0) is 21.1 Å². The van der Waals surface area contributed by atoms with Crippen LogP contribution in [0.5, 0.6) is 11.5 Å². The number of ether oxygens (including phenoxy) is 1. The van der Waals surface area contributed by atoms with Crippen LogP contribution in [0.4, 0.5) is 31.5 Å². The average molecular weight is 1040 g/mol. The van der Waals surface area contributed by atoms with Crippen molar-refractivity contribution in [2.75, 3.05) is 9.80 Å². The minimum Gasteiger partial charge on any atom is -0.509 e. The number of para-hydroxylation sites is 3. The first-order chi connectivity index (χ1) is 32.3. The minimum absolute atomic E-state index is 0. The van der Waals surface area contributed by atoms with Gasteiger partial charge in [-0.05, 0) is 118 Å². The number of nitrogens with zero attached hydrogens (tertiary/aromatic N) is 5. The van der Waals surface area contributed by atoms with E-state index in [9.17, 15) is 14.0 Å². The van der Waals surface area contributed by atoms with Gasteiger partial charge in [0.05, 0.1) is 11.6 Å². The third-order valence-corrected chi connectivity index (χ3v) is 11.7. The second-order valence-electron chi connectivity index (χ2n) is 16.5. The molecule has 0 aliphatic carbocycles. The second kappa shape index (κ2) is 17.5. The summed E-state index contributed by atoms with van der Waals surface area (Å²) in [5.74, 6) is 0.113. The Labute approximate surface area is 396 Å². The zero-order valence-corrected chi connectivity index (χ0v) is 38.1. The molecule has 324 valence electrons. The SMILES string of the molecule is [2H]C([2H])([2H])c1c(C#N)cccc1-c1cc(Oc2[c-]c3c(cc2)c2ccccc2n3-c2ccccn2)[c-]c(N2[CH-]N(c3c(C(C)C)cc(-c4cc(F)cc(F)c4)cc3C(C)C)c3ccccc32)c1.[Pt]. The zero-order valence-electron chi connectivity index (χ0n) is 38.8. The van der Waals surface area contributed by atoms with Gasteiger partial charge < -0.3 is 19.1 Å². The van der Waals surface area contributed by atoms with Gasteiger partial charge in [-0.25, -0.2) is 13.8 Å². The van der Waals surface area contributed by atoms with E-state index in [0.717, 1.165) is 61.9 Å². The molecule has 0 unspecified atom stereocenters. The van der Waals surface area contributed by atoms with Gasteiger partial charge in [-0.1, -0.05) is 81.7 Å². The Morgan fingerprint density at radius 2 is 1.38 bits per heavy atom. The summed E-state index contributed by atoms with van der Waals surface area (Å²) in [5, 5.41) is 12.1. The molecule has 0 bridgehead atoms. The Kier molecular flexibility index (Phi) is 10.6. The van der Waals surface area contributed by atoms with Crippen LogP contribution < -0.4 is 14.5 Å². The summed E-state index contributed by atoms with van der Waals surface area (Å²) in [6.07, 6.45) is 1.75. The smallest absolute Gasteiger partial charge is 0.135 e. The summed E-state index contributed by atoms with van der Waals surface area (Å²) in [6.45, 7) is 7.76. The van der Waals surface area contributed by atoms with Crippen LogP contribution in [0.1, 0.15) is 65.9 Å². The number of fused-ring (bicyclic) bond motifs is 4. The van der Waals surface area contributed by atoms with E-state index in [0.29, 0.717) is 33.7 Å². The monoisotopic (exact) mass is 1040 g/mol. The quantitative estimate of drug-likeness (QED) is 0.135. The predicted molar refractivity (Wildman–Crippen MR) is 253 cm³/mol. The maximum absolute atomic E-state index is 14.6. The molecule has 7 aromatic carbocycles. The minimum atomic E-state index is -2.62. The molecule has 2 aromatic heterocycles. The number of halogens is 2. The largest absolute Gasteiger partial charge is 0.509 e. The molecular weight excluding hydrogens is 992 g/mol. The van der Waals surface area contributed by atoms with Crippen molar-refractivity contribution in [1.82, 2.24) is 9.55 Å². The maximum atomic E-state index is 14.6. The fourth-order valence-corrected chi connectivity index (χ4v) is 8.74. The molecule has 6 nitrogen and oxygen atoms in total. The first kappa shape index (κ1) is 39.5. The molecule has 9 heteroatoms. The molecule has 1 aliphatic heterocycles. The number of hydrogen-bond acceptors (Lipinski definition) is 5. The maximum Gasteiger partial charge on any atom is 0.135 e. The van der Waals surface area contributed by atoms with Crippen molar-refractivity contribution in [3.63, 3.8) is 0 Å². The van der Waals surface area contributed by atoms with Crippen LogP contribution in [0.3, 0.4) is 0 Å². The third kappa shape index (κ3) is 7.85. The number of aromatic nitrogens is 2. The van der Waals surface area contributed by atoms with Crippen LogP contribution in [0, 0.1) is 48.6 Å². The van der Waals surface area contributed by atoms with Crippen LogP contribution in [0.15, 0.2) is 146 Å². The summed E-state index contributed by atoms with van der Waals surface area (Å²) in [6, 6.07) is 50.9. The van der Waals surface area contributed by atoms with Gasteiger partial charge in [-0.3, -0.25) is 0 Å². The van der Waals surface area contributed by atoms with Gasteiger partial charge in [0.1, 0.15) is 17.5 Å². The first-order valence-electron chi connectivity index (χ1n) is 22.6. The van der Waals surface area contributed by atoms with E-state index >= 15 is 0 Å². The molecule has 10 rings (SSSR count). The molecule has 0 amide bonds. The van der Waals surface area contributed by atoms with Gasteiger partial charge in [0, 0.05) is 71.5 Å². The van der Waals surface area contributed by atoms with E-state index in [1.165, 1.54) is 18.2 Å². The molecular formula is C56H42F2N5OPt-3. The molecule has 0 N–H and O–H groups in total. The van der Waals surface area contributed by atoms with Crippen molar-refractivity contribution in [2.45, 2.75) is 46.4 Å². The molecule has 1 aliphatic rings. The predicted octanol–water partition coefficient (Wildman–Crippen LogP) is 15.0. The Bertz CT molecular complexity index is 3390. The molecule has 3 heterocycles. The van der Waals surface area contributed by atoms with E-state index < -0.39 is 18.5 Å². The van der Waals surface area contributed by atoms with Crippen molar-refractivity contribution in [1.29, 1.82) is 5.26 Å². The van der Waals surface area contributed by atoms with E-state index in [2.05, 4.69) is 61.8 Å². The number of nitriles is 1. The van der Waals surface area contributed by atoms with Gasteiger partial charge in [-0.15, -0.1) is 53.6 Å². The number of benzene rings is 7. The van der Waals surface area contributed by atoms with Crippen molar-refractivity contribution in [2.24, 2.45) is 0 Å². The van der Waals surface area contributed by atoms with E-state index in [-0.39, 0.29) is 49.8 Å².